The van der Waals surface area contributed by atoms with Crippen LogP contribution in [0.2, 0.25) is 0 Å². The molecule has 0 unspecified atom stereocenters. The van der Waals surface area contributed by atoms with Crippen LogP contribution >= 0.6 is 15.9 Å². The molecule has 0 aliphatic carbocycles. The maximum Gasteiger partial charge on any atom is 0.335 e. The molecule has 0 fully saturated rings. The van der Waals surface area contributed by atoms with Gasteiger partial charge in [-0.1, -0.05) is 0 Å². The van der Waals surface area contributed by atoms with E-state index in [9.17, 15) is 14.0 Å². The highest BCUT2D eigenvalue weighted by atomic mass is 79.9. The molecule has 0 radical (unpaired) electrons. The van der Waals surface area contributed by atoms with Crippen LogP contribution in [-0.2, 0) is 4.79 Å². The molecular weight excluding hydrogens is 257 g/mol. The van der Waals surface area contributed by atoms with E-state index in [2.05, 4.69) is 20.9 Å². The molecule has 1 rings (SSSR count). The zero-order valence-corrected chi connectivity index (χ0v) is 8.21. The second-order valence-corrected chi connectivity index (χ2v) is 3.15. The monoisotopic (exact) mass is 259 g/mol. The lowest BCUT2D eigenvalue weighted by Crippen LogP contribution is -1.97. The summed E-state index contributed by atoms with van der Waals surface area (Å²) >= 11 is 2.89. The van der Waals surface area contributed by atoms with Gasteiger partial charge in [0.05, 0.1) is 5.56 Å². The van der Waals surface area contributed by atoms with Gasteiger partial charge in [0, 0.05) is 4.47 Å². The van der Waals surface area contributed by atoms with Crippen LogP contribution in [-0.4, -0.2) is 17.2 Å². The highest BCUT2D eigenvalue weighted by Gasteiger charge is 2.12. The van der Waals surface area contributed by atoms with E-state index in [4.69, 9.17) is 5.11 Å². The summed E-state index contributed by atoms with van der Waals surface area (Å²) in [6.07, 6.45) is 1.17. The Kier molecular flexibility index (Phi) is 3.11. The predicted molar refractivity (Wildman–Crippen MR) is 48.8 cm³/mol. The minimum Gasteiger partial charge on any atom is -0.478 e. The van der Waals surface area contributed by atoms with Gasteiger partial charge in [-0.05, 0) is 28.1 Å². The Morgan fingerprint density at radius 2 is 2.21 bits per heavy atom. The molecule has 0 saturated carbocycles. The fourth-order valence-electron chi connectivity index (χ4n) is 0.841. The molecule has 0 aromatic heterocycles. The molecule has 1 aromatic rings. The molecule has 0 spiro atoms. The van der Waals surface area contributed by atoms with Gasteiger partial charge in [-0.2, -0.15) is 4.99 Å². The van der Waals surface area contributed by atoms with Crippen LogP contribution in [0.3, 0.4) is 0 Å². The number of aliphatic imine (C=N–C) groups is 1. The molecule has 0 aliphatic rings. The summed E-state index contributed by atoms with van der Waals surface area (Å²) in [6.45, 7) is 0. The summed E-state index contributed by atoms with van der Waals surface area (Å²) in [5.41, 5.74) is -0.482. The zero-order chi connectivity index (χ0) is 10.7. The number of hydrogen-bond acceptors (Lipinski definition) is 3. The molecule has 0 aliphatic heterocycles. The van der Waals surface area contributed by atoms with Gasteiger partial charge in [0.2, 0.25) is 6.08 Å². The van der Waals surface area contributed by atoms with Crippen molar-refractivity contribution >= 4 is 33.7 Å². The maximum absolute atomic E-state index is 13.1. The van der Waals surface area contributed by atoms with Crippen molar-refractivity contribution in [2.45, 2.75) is 0 Å². The quantitative estimate of drug-likeness (QED) is 0.655. The van der Waals surface area contributed by atoms with E-state index in [-0.39, 0.29) is 15.7 Å². The minimum absolute atomic E-state index is 0.0956. The number of carboxylic acids is 1. The molecule has 0 saturated heterocycles. The summed E-state index contributed by atoms with van der Waals surface area (Å²) in [7, 11) is 0. The Morgan fingerprint density at radius 1 is 1.57 bits per heavy atom. The molecule has 4 nitrogen and oxygen atoms in total. The van der Waals surface area contributed by atoms with Crippen molar-refractivity contribution in [2.75, 3.05) is 0 Å². The number of nitrogens with zero attached hydrogens (tertiary/aromatic N) is 1. The minimum atomic E-state index is -1.26. The number of benzene rings is 1. The average molecular weight is 260 g/mol. The largest absolute Gasteiger partial charge is 0.478 e. The molecule has 72 valence electrons. The summed E-state index contributed by atoms with van der Waals surface area (Å²) in [6, 6.07) is 1.94. The van der Waals surface area contributed by atoms with E-state index < -0.39 is 11.8 Å². The third-order valence-corrected chi connectivity index (χ3v) is 2.03. The van der Waals surface area contributed by atoms with Crippen LogP contribution in [0.5, 0.6) is 0 Å². The fourth-order valence-corrected chi connectivity index (χ4v) is 1.37. The Labute approximate surface area is 86.2 Å². The maximum atomic E-state index is 13.1. The Balaban J connectivity index is 3.39. The van der Waals surface area contributed by atoms with Crippen molar-refractivity contribution in [3.05, 3.63) is 28.0 Å². The molecule has 0 heterocycles. The molecule has 0 bridgehead atoms. The fraction of sp³-hybridized carbons (Fsp3) is 0. The van der Waals surface area contributed by atoms with E-state index >= 15 is 0 Å². The predicted octanol–water partition coefficient (Wildman–Crippen LogP) is 2.25. The van der Waals surface area contributed by atoms with E-state index in [1.807, 2.05) is 0 Å². The second-order valence-electron chi connectivity index (χ2n) is 2.30. The van der Waals surface area contributed by atoms with Crippen molar-refractivity contribution in [3.8, 4) is 0 Å². The molecule has 1 aromatic carbocycles. The first kappa shape index (κ1) is 10.6. The van der Waals surface area contributed by atoms with Crippen LogP contribution in [0.4, 0.5) is 10.1 Å². The summed E-state index contributed by atoms with van der Waals surface area (Å²) in [4.78, 5) is 23.5. The molecular formula is C8H3BrFNO3. The Bertz CT molecular complexity index is 417. The molecule has 1 N–H and O–H groups in total. The molecule has 14 heavy (non-hydrogen) atoms. The van der Waals surface area contributed by atoms with Gasteiger partial charge in [-0.15, -0.1) is 0 Å². The van der Waals surface area contributed by atoms with Gasteiger partial charge in [-0.3, -0.25) is 0 Å². The van der Waals surface area contributed by atoms with Crippen LogP contribution in [0.25, 0.3) is 0 Å². The van der Waals surface area contributed by atoms with Crippen LogP contribution in [0.1, 0.15) is 10.4 Å². The third kappa shape index (κ3) is 2.04. The first-order valence-corrected chi connectivity index (χ1v) is 4.15. The number of carbonyl (C=O) groups is 1. The van der Waals surface area contributed by atoms with Gasteiger partial charge in [0.25, 0.3) is 0 Å². The van der Waals surface area contributed by atoms with Crippen LogP contribution in [0.15, 0.2) is 21.6 Å². The molecule has 0 amide bonds. The number of carboxylic acid groups (broad SMARTS) is 1. The van der Waals surface area contributed by atoms with Crippen molar-refractivity contribution in [2.24, 2.45) is 4.99 Å². The summed E-state index contributed by atoms with van der Waals surface area (Å²) in [5, 5.41) is 8.56. The van der Waals surface area contributed by atoms with Gasteiger partial charge in [-0.25, -0.2) is 14.0 Å². The number of rotatable bonds is 2. The van der Waals surface area contributed by atoms with Crippen LogP contribution < -0.4 is 0 Å². The van der Waals surface area contributed by atoms with Gasteiger partial charge in [0.1, 0.15) is 5.69 Å². The summed E-state index contributed by atoms with van der Waals surface area (Å²) < 4.78 is 13.2. The normalized spacial score (nSPS) is 9.29. The van der Waals surface area contributed by atoms with Gasteiger partial charge >= 0.3 is 5.97 Å². The number of carbonyl (C=O) groups excluding carboxylic acids is 1. The van der Waals surface area contributed by atoms with Crippen molar-refractivity contribution in [1.29, 1.82) is 0 Å². The standard InChI is InChI=1S/C8H3BrFNO3/c9-5-1-4(8(13)14)2-6(10)7(5)11-3-12/h1-2H,(H,13,14). The Morgan fingerprint density at radius 3 is 2.64 bits per heavy atom. The number of halogens is 2. The van der Waals surface area contributed by atoms with E-state index in [0.29, 0.717) is 0 Å². The Hall–Kier alpha value is -1.52. The van der Waals surface area contributed by atoms with Crippen molar-refractivity contribution in [1.82, 2.24) is 0 Å². The molecule has 0 atom stereocenters. The van der Waals surface area contributed by atoms with Gasteiger partial charge < -0.3 is 5.11 Å². The highest BCUT2D eigenvalue weighted by molar-refractivity contribution is 9.10. The smallest absolute Gasteiger partial charge is 0.335 e. The zero-order valence-electron chi connectivity index (χ0n) is 6.62. The first-order chi connectivity index (χ1) is 6.56. The number of isocyanates is 1. The lowest BCUT2D eigenvalue weighted by molar-refractivity contribution is 0.0696. The van der Waals surface area contributed by atoms with Crippen LogP contribution in [0, 0.1) is 5.82 Å². The topological polar surface area (TPSA) is 66.7 Å². The highest BCUT2D eigenvalue weighted by Crippen LogP contribution is 2.29. The average Bonchev–Trinajstić information content (AvgIpc) is 2.10. The number of hydrogen-bond donors (Lipinski definition) is 1. The first-order valence-electron chi connectivity index (χ1n) is 3.36. The lowest BCUT2D eigenvalue weighted by Gasteiger charge is -2.00. The van der Waals surface area contributed by atoms with Crippen molar-refractivity contribution in [3.63, 3.8) is 0 Å². The molecule has 6 heteroatoms. The second kappa shape index (κ2) is 4.13. The lowest BCUT2D eigenvalue weighted by atomic mass is 10.2. The number of aromatic carboxylic acids is 1. The van der Waals surface area contributed by atoms with E-state index in [0.717, 1.165) is 12.1 Å². The SMILES string of the molecule is O=C=Nc1c(F)cc(C(=O)O)cc1Br. The van der Waals surface area contributed by atoms with E-state index in [1.54, 1.807) is 0 Å². The van der Waals surface area contributed by atoms with Gasteiger partial charge in [0.15, 0.2) is 5.82 Å². The third-order valence-electron chi connectivity index (χ3n) is 1.42. The van der Waals surface area contributed by atoms with E-state index in [1.165, 1.54) is 6.08 Å². The summed E-state index contributed by atoms with van der Waals surface area (Å²) in [5.74, 6) is -2.15. The van der Waals surface area contributed by atoms with Crippen molar-refractivity contribution < 1.29 is 19.1 Å².